The molecule has 2 saturated heterocycles. The van der Waals surface area contributed by atoms with Gasteiger partial charge >= 0.3 is 6.18 Å². The van der Waals surface area contributed by atoms with Crippen molar-refractivity contribution in [3.63, 3.8) is 0 Å². The minimum atomic E-state index is -4.47. The lowest BCUT2D eigenvalue weighted by Crippen LogP contribution is -2.57. The van der Waals surface area contributed by atoms with Crippen molar-refractivity contribution in [3.8, 4) is 0 Å². The summed E-state index contributed by atoms with van der Waals surface area (Å²) in [4.78, 5) is 44.7. The van der Waals surface area contributed by atoms with Crippen molar-refractivity contribution < 1.29 is 27.6 Å². The first-order valence-corrected chi connectivity index (χ1v) is 13.1. The van der Waals surface area contributed by atoms with Gasteiger partial charge in [-0.1, -0.05) is 51.1 Å². The number of benzene rings is 2. The fraction of sp³-hybridized carbons (Fsp3) is 0.483. The summed E-state index contributed by atoms with van der Waals surface area (Å²) in [7, 11) is 0. The highest BCUT2D eigenvalue weighted by Gasteiger charge is 2.54. The van der Waals surface area contributed by atoms with Crippen LogP contribution in [0.3, 0.4) is 0 Å². The first-order valence-electron chi connectivity index (χ1n) is 13.1. The number of alkyl halides is 3. The van der Waals surface area contributed by atoms with Crippen molar-refractivity contribution in [3.05, 3.63) is 65.7 Å². The van der Waals surface area contributed by atoms with Crippen LogP contribution >= 0.6 is 0 Å². The van der Waals surface area contributed by atoms with Gasteiger partial charge in [0.05, 0.1) is 12.2 Å². The van der Waals surface area contributed by atoms with Crippen molar-refractivity contribution in [2.75, 3.05) is 31.2 Å². The minimum absolute atomic E-state index is 0.0693. The molecule has 10 heteroatoms. The van der Waals surface area contributed by atoms with E-state index in [1.54, 1.807) is 0 Å². The second-order valence-corrected chi connectivity index (χ2v) is 11.5. The maximum absolute atomic E-state index is 13.8. The van der Waals surface area contributed by atoms with Crippen LogP contribution in [0.2, 0.25) is 0 Å². The molecule has 0 radical (unpaired) electrons. The van der Waals surface area contributed by atoms with E-state index in [1.807, 2.05) is 60.9 Å². The molecule has 2 heterocycles. The largest absolute Gasteiger partial charge is 0.416 e. The summed E-state index contributed by atoms with van der Waals surface area (Å²) in [6.45, 7) is 6.85. The number of rotatable bonds is 6. The molecule has 2 aromatic carbocycles. The molecule has 2 aliphatic rings. The van der Waals surface area contributed by atoms with Crippen LogP contribution in [0.15, 0.2) is 54.6 Å². The number of para-hydroxylation sites is 1. The van der Waals surface area contributed by atoms with Crippen LogP contribution in [-0.4, -0.2) is 59.4 Å². The van der Waals surface area contributed by atoms with Gasteiger partial charge in [-0.25, -0.2) is 0 Å². The molecule has 0 unspecified atom stereocenters. The number of carbonyl (C=O) groups is 3. The van der Waals surface area contributed by atoms with Gasteiger partial charge in [-0.2, -0.15) is 13.2 Å². The zero-order chi connectivity index (χ0) is 28.4. The smallest absolute Gasteiger partial charge is 0.350 e. The number of anilines is 1. The molecule has 4 rings (SSSR count). The van der Waals surface area contributed by atoms with Crippen LogP contribution in [0, 0.1) is 5.41 Å². The monoisotopic (exact) mass is 544 g/mol. The summed E-state index contributed by atoms with van der Waals surface area (Å²) in [5.74, 6) is -0.563. The molecule has 0 aromatic heterocycles. The average Bonchev–Trinajstić information content (AvgIpc) is 3.13. The Balaban J connectivity index is 1.45. The van der Waals surface area contributed by atoms with Gasteiger partial charge in [-0.3, -0.25) is 14.4 Å². The summed E-state index contributed by atoms with van der Waals surface area (Å²) >= 11 is 0. The van der Waals surface area contributed by atoms with Crippen LogP contribution in [0.25, 0.3) is 0 Å². The first-order chi connectivity index (χ1) is 18.3. The standard InChI is InChI=1S/C29H35F3N4O3/c1-27(2,3)17-25(38)34-14-12-28(13-15-34)26(39)35(20-36(28)23-10-5-4-6-11-23)19-24(37)33-18-21-8-7-9-22(16-21)29(30,31)32/h4-11,16H,12-15,17-20H2,1-3H3,(H,33,37). The van der Waals surface area contributed by atoms with Crippen LogP contribution in [-0.2, 0) is 27.1 Å². The Morgan fingerprint density at radius 2 is 1.64 bits per heavy atom. The molecular formula is C29H35F3N4O3. The molecule has 0 saturated carbocycles. The number of amides is 3. The highest BCUT2D eigenvalue weighted by molar-refractivity contribution is 5.96. The van der Waals surface area contributed by atoms with Gasteiger partial charge in [0.1, 0.15) is 12.1 Å². The lowest BCUT2D eigenvalue weighted by molar-refractivity contribution is -0.140. The fourth-order valence-electron chi connectivity index (χ4n) is 5.30. The number of hydrogen-bond acceptors (Lipinski definition) is 4. The van der Waals surface area contributed by atoms with E-state index in [-0.39, 0.29) is 37.0 Å². The van der Waals surface area contributed by atoms with Crippen molar-refractivity contribution in [1.29, 1.82) is 0 Å². The molecule has 2 fully saturated rings. The summed E-state index contributed by atoms with van der Waals surface area (Å²) < 4.78 is 39.0. The molecule has 3 amide bonds. The Kier molecular flexibility index (Phi) is 7.95. The molecule has 2 aliphatic heterocycles. The Morgan fingerprint density at radius 1 is 0.974 bits per heavy atom. The normalized spacial score (nSPS) is 17.6. The molecule has 210 valence electrons. The first kappa shape index (κ1) is 28.4. The van der Waals surface area contributed by atoms with Gasteiger partial charge in [-0.15, -0.1) is 0 Å². The van der Waals surface area contributed by atoms with E-state index in [1.165, 1.54) is 17.0 Å². The highest BCUT2D eigenvalue weighted by atomic mass is 19.4. The number of piperidine rings is 1. The third-order valence-electron chi connectivity index (χ3n) is 7.29. The number of hydrogen-bond donors (Lipinski definition) is 1. The predicted molar refractivity (Wildman–Crippen MR) is 141 cm³/mol. The Hall–Kier alpha value is -3.56. The predicted octanol–water partition coefficient (Wildman–Crippen LogP) is 4.43. The van der Waals surface area contributed by atoms with E-state index in [4.69, 9.17) is 0 Å². The van der Waals surface area contributed by atoms with Crippen molar-refractivity contribution in [1.82, 2.24) is 15.1 Å². The van der Waals surface area contributed by atoms with Gasteiger partial charge in [0.15, 0.2) is 0 Å². The van der Waals surface area contributed by atoms with Gasteiger partial charge in [0, 0.05) is 31.7 Å². The quantitative estimate of drug-likeness (QED) is 0.584. The van der Waals surface area contributed by atoms with E-state index in [0.717, 1.165) is 17.8 Å². The maximum Gasteiger partial charge on any atom is 0.416 e. The SMILES string of the molecule is CC(C)(C)CC(=O)N1CCC2(CC1)C(=O)N(CC(=O)NCc1cccc(C(F)(F)F)c1)CN2c1ccccc1. The molecule has 0 aliphatic carbocycles. The van der Waals surface area contributed by atoms with Gasteiger partial charge in [-0.05, 0) is 48.1 Å². The fourth-order valence-corrected chi connectivity index (χ4v) is 5.30. The van der Waals surface area contributed by atoms with Gasteiger partial charge < -0.3 is 20.0 Å². The van der Waals surface area contributed by atoms with Crippen LogP contribution < -0.4 is 10.2 Å². The molecular weight excluding hydrogens is 509 g/mol. The van der Waals surface area contributed by atoms with Crippen LogP contribution in [0.1, 0.15) is 51.2 Å². The zero-order valence-corrected chi connectivity index (χ0v) is 22.6. The Bertz CT molecular complexity index is 1200. The van der Waals surface area contributed by atoms with E-state index in [9.17, 15) is 27.6 Å². The van der Waals surface area contributed by atoms with Crippen molar-refractivity contribution in [2.24, 2.45) is 5.41 Å². The number of nitrogens with one attached hydrogen (secondary N) is 1. The van der Waals surface area contributed by atoms with Crippen LogP contribution in [0.5, 0.6) is 0 Å². The third-order valence-corrected chi connectivity index (χ3v) is 7.29. The summed E-state index contributed by atoms with van der Waals surface area (Å²) in [5, 5.41) is 2.64. The lowest BCUT2D eigenvalue weighted by Gasteiger charge is -2.43. The highest BCUT2D eigenvalue weighted by Crippen LogP contribution is 2.40. The summed E-state index contributed by atoms with van der Waals surface area (Å²) in [6, 6.07) is 14.3. The van der Waals surface area contributed by atoms with E-state index in [0.29, 0.717) is 37.9 Å². The molecule has 0 bridgehead atoms. The summed E-state index contributed by atoms with van der Waals surface area (Å²) in [5.41, 5.74) is -0.616. The maximum atomic E-state index is 13.8. The van der Waals surface area contributed by atoms with E-state index < -0.39 is 23.2 Å². The third kappa shape index (κ3) is 6.54. The number of likely N-dealkylation sites (tertiary alicyclic amines) is 1. The number of carbonyl (C=O) groups excluding carboxylic acids is 3. The Morgan fingerprint density at radius 3 is 2.26 bits per heavy atom. The number of nitrogens with zero attached hydrogens (tertiary/aromatic N) is 3. The molecule has 7 nitrogen and oxygen atoms in total. The van der Waals surface area contributed by atoms with Gasteiger partial charge in [0.25, 0.3) is 5.91 Å². The molecule has 1 spiro atoms. The van der Waals surface area contributed by atoms with Crippen molar-refractivity contribution in [2.45, 2.75) is 58.3 Å². The minimum Gasteiger partial charge on any atom is -0.350 e. The second-order valence-electron chi connectivity index (χ2n) is 11.5. The average molecular weight is 545 g/mol. The second kappa shape index (κ2) is 10.9. The Labute approximate surface area is 226 Å². The summed E-state index contributed by atoms with van der Waals surface area (Å²) in [6.07, 6.45) is -3.16. The lowest BCUT2D eigenvalue weighted by atomic mass is 9.84. The molecule has 1 N–H and O–H groups in total. The van der Waals surface area contributed by atoms with Crippen molar-refractivity contribution >= 4 is 23.4 Å². The van der Waals surface area contributed by atoms with E-state index >= 15 is 0 Å². The van der Waals surface area contributed by atoms with Crippen LogP contribution in [0.4, 0.5) is 18.9 Å². The molecule has 2 aromatic rings. The molecule has 39 heavy (non-hydrogen) atoms. The zero-order valence-electron chi connectivity index (χ0n) is 22.6. The molecule has 0 atom stereocenters. The van der Waals surface area contributed by atoms with Gasteiger partial charge in [0.2, 0.25) is 11.8 Å². The topological polar surface area (TPSA) is 73.0 Å². The number of halogens is 3. The van der Waals surface area contributed by atoms with E-state index in [2.05, 4.69) is 5.32 Å².